The van der Waals surface area contributed by atoms with E-state index in [1.54, 1.807) is 24.4 Å². The van der Waals surface area contributed by atoms with Gasteiger partial charge < -0.3 is 0 Å². The summed E-state index contributed by atoms with van der Waals surface area (Å²) in [6.45, 7) is 0. The summed E-state index contributed by atoms with van der Waals surface area (Å²) in [6.07, 6.45) is 3.38. The van der Waals surface area contributed by atoms with Crippen LogP contribution in [0.1, 0.15) is 18.5 Å². The monoisotopic (exact) mass is 315 g/mol. The van der Waals surface area contributed by atoms with Crippen molar-refractivity contribution < 1.29 is 9.59 Å². The third-order valence-electron chi connectivity index (χ3n) is 3.16. The van der Waals surface area contributed by atoms with E-state index in [1.807, 2.05) is 0 Å². The second-order valence-electron chi connectivity index (χ2n) is 4.49. The highest BCUT2D eigenvalue weighted by Gasteiger charge is 2.36. The lowest BCUT2D eigenvalue weighted by Gasteiger charge is -2.22. The van der Waals surface area contributed by atoms with E-state index in [4.69, 9.17) is 24.4 Å². The van der Waals surface area contributed by atoms with Crippen molar-refractivity contribution in [2.75, 3.05) is 0 Å². The van der Waals surface area contributed by atoms with Gasteiger partial charge in [-0.05, 0) is 12.1 Å². The zero-order valence-electron chi connectivity index (χ0n) is 10.8. The second kappa shape index (κ2) is 5.34. The summed E-state index contributed by atoms with van der Waals surface area (Å²) in [5, 5.41) is 0. The van der Waals surface area contributed by atoms with E-state index >= 15 is 0 Å². The molecule has 2 aliphatic heterocycles. The molecule has 1 aromatic rings. The zero-order chi connectivity index (χ0) is 15.0. The van der Waals surface area contributed by atoms with E-state index in [9.17, 15) is 9.59 Å². The van der Waals surface area contributed by atoms with E-state index < -0.39 is 0 Å². The van der Waals surface area contributed by atoms with Gasteiger partial charge in [0.1, 0.15) is 0 Å². The lowest BCUT2D eigenvalue weighted by atomic mass is 10.0. The zero-order valence-corrected chi connectivity index (χ0v) is 12.4. The number of aliphatic imine (C=N–C) groups is 1. The van der Waals surface area contributed by atoms with Crippen LogP contribution in [-0.2, 0) is 9.59 Å². The van der Waals surface area contributed by atoms with Gasteiger partial charge in [-0.15, -0.1) is 0 Å². The standard InChI is InChI=1S/C14H9N3O2S2/c18-10-4-5-11(19)17(10)14-12(8-3-1-2-6-15-8)13(21)9(20)7-16-14/h1-3,6-7H,4-5H2. The molecule has 0 aliphatic carbocycles. The molecule has 21 heavy (non-hydrogen) atoms. The summed E-state index contributed by atoms with van der Waals surface area (Å²) in [7, 11) is 0. The maximum absolute atomic E-state index is 11.9. The Balaban J connectivity index is 2.21. The molecule has 0 saturated carbocycles. The van der Waals surface area contributed by atoms with Crippen LogP contribution in [0.3, 0.4) is 0 Å². The van der Waals surface area contributed by atoms with Gasteiger partial charge in [0, 0.05) is 25.3 Å². The van der Waals surface area contributed by atoms with Crippen LogP contribution >= 0.6 is 24.4 Å². The van der Waals surface area contributed by atoms with E-state index in [-0.39, 0.29) is 30.5 Å². The maximum atomic E-state index is 11.9. The van der Waals surface area contributed by atoms with Gasteiger partial charge in [-0.2, -0.15) is 0 Å². The Hall–Kier alpha value is -2.12. The van der Waals surface area contributed by atoms with Crippen LogP contribution in [0, 0.1) is 0 Å². The molecule has 0 radical (unpaired) electrons. The number of allylic oxidation sites excluding steroid dienone is 1. The van der Waals surface area contributed by atoms with E-state index in [0.29, 0.717) is 21.0 Å². The van der Waals surface area contributed by atoms with Crippen molar-refractivity contribution in [1.29, 1.82) is 0 Å². The SMILES string of the molecule is O=C1CCC(=O)N1C1=C(c2ccccn2)C(=S)C(=S)C=N1. The van der Waals surface area contributed by atoms with Crippen LogP contribution in [-0.4, -0.2) is 37.6 Å². The number of aromatic nitrogens is 1. The Morgan fingerprint density at radius 2 is 1.81 bits per heavy atom. The number of imide groups is 1. The molecular formula is C14H9N3O2S2. The molecule has 2 aliphatic rings. The average Bonchev–Trinajstić information content (AvgIpc) is 2.82. The molecule has 2 amide bonds. The highest BCUT2D eigenvalue weighted by Crippen LogP contribution is 2.29. The van der Waals surface area contributed by atoms with Crippen molar-refractivity contribution in [3.8, 4) is 0 Å². The molecule has 0 bridgehead atoms. The Morgan fingerprint density at radius 3 is 2.43 bits per heavy atom. The Morgan fingerprint density at radius 1 is 1.10 bits per heavy atom. The molecule has 1 saturated heterocycles. The van der Waals surface area contributed by atoms with E-state index in [1.165, 1.54) is 6.21 Å². The van der Waals surface area contributed by atoms with Crippen LogP contribution in [0.25, 0.3) is 5.57 Å². The molecule has 0 aromatic carbocycles. The van der Waals surface area contributed by atoms with Gasteiger partial charge >= 0.3 is 0 Å². The largest absolute Gasteiger partial charge is 0.274 e. The number of likely N-dealkylation sites (tertiary alicyclic amines) is 1. The number of rotatable bonds is 2. The average molecular weight is 315 g/mol. The number of amides is 2. The summed E-state index contributed by atoms with van der Waals surface area (Å²) < 4.78 is 0. The summed E-state index contributed by atoms with van der Waals surface area (Å²) in [5.41, 5.74) is 1.01. The van der Waals surface area contributed by atoms with Crippen molar-refractivity contribution in [3.05, 3.63) is 35.9 Å². The molecule has 5 nitrogen and oxygen atoms in total. The van der Waals surface area contributed by atoms with E-state index in [2.05, 4.69) is 9.98 Å². The molecule has 3 heterocycles. The molecular weight excluding hydrogens is 306 g/mol. The fraction of sp³-hybridized carbons (Fsp3) is 0.143. The highest BCUT2D eigenvalue weighted by atomic mass is 32.1. The normalized spacial score (nSPS) is 19.0. The fourth-order valence-electron chi connectivity index (χ4n) is 2.19. The van der Waals surface area contributed by atoms with Crippen LogP contribution < -0.4 is 0 Å². The summed E-state index contributed by atoms with van der Waals surface area (Å²) in [4.78, 5) is 34.2. The Labute approximate surface area is 131 Å². The number of hydrogen-bond acceptors (Lipinski definition) is 6. The van der Waals surface area contributed by atoms with Gasteiger partial charge in [-0.1, -0.05) is 30.5 Å². The smallest absolute Gasteiger partial charge is 0.235 e. The van der Waals surface area contributed by atoms with Crippen molar-refractivity contribution in [1.82, 2.24) is 9.88 Å². The van der Waals surface area contributed by atoms with Crippen LogP contribution in [0.2, 0.25) is 0 Å². The first kappa shape index (κ1) is 13.8. The molecule has 0 spiro atoms. The molecule has 1 fully saturated rings. The van der Waals surface area contributed by atoms with Crippen molar-refractivity contribution in [2.45, 2.75) is 12.8 Å². The second-order valence-corrected chi connectivity index (χ2v) is 5.34. The molecule has 0 unspecified atom stereocenters. The summed E-state index contributed by atoms with van der Waals surface area (Å²) in [5.74, 6) is -0.341. The number of thiocarbonyl (C=S) groups is 2. The van der Waals surface area contributed by atoms with Gasteiger partial charge in [0.2, 0.25) is 11.8 Å². The van der Waals surface area contributed by atoms with Gasteiger partial charge in [-0.3, -0.25) is 14.6 Å². The molecule has 104 valence electrons. The van der Waals surface area contributed by atoms with Gasteiger partial charge in [0.05, 0.1) is 21.0 Å². The topological polar surface area (TPSA) is 62.6 Å². The quantitative estimate of drug-likeness (QED) is 0.614. The molecule has 3 rings (SSSR count). The fourth-order valence-corrected chi connectivity index (χ4v) is 2.59. The van der Waals surface area contributed by atoms with Gasteiger partial charge in [-0.25, -0.2) is 9.89 Å². The maximum Gasteiger partial charge on any atom is 0.235 e. The van der Waals surface area contributed by atoms with E-state index in [0.717, 1.165) is 4.90 Å². The van der Waals surface area contributed by atoms with Crippen molar-refractivity contribution in [3.63, 3.8) is 0 Å². The Bertz CT molecular complexity index is 722. The first-order valence-corrected chi connectivity index (χ1v) is 7.05. The number of pyridine rings is 1. The van der Waals surface area contributed by atoms with Gasteiger partial charge in [0.15, 0.2) is 5.82 Å². The minimum absolute atomic E-state index is 0.185. The molecule has 0 atom stereocenters. The number of nitrogens with zero attached hydrogens (tertiary/aromatic N) is 3. The van der Waals surface area contributed by atoms with Crippen LogP contribution in [0.5, 0.6) is 0 Å². The van der Waals surface area contributed by atoms with Crippen molar-refractivity contribution in [2.24, 2.45) is 4.99 Å². The van der Waals surface area contributed by atoms with Crippen LogP contribution in [0.4, 0.5) is 0 Å². The minimum Gasteiger partial charge on any atom is -0.274 e. The molecule has 7 heteroatoms. The first-order valence-electron chi connectivity index (χ1n) is 6.24. The lowest BCUT2D eigenvalue weighted by molar-refractivity contribution is -0.135. The predicted octanol–water partition coefficient (Wildman–Crippen LogP) is 1.72. The lowest BCUT2D eigenvalue weighted by Crippen LogP contribution is -2.32. The van der Waals surface area contributed by atoms with Crippen molar-refractivity contribution >= 4 is 57.8 Å². The third kappa shape index (κ3) is 2.34. The van der Waals surface area contributed by atoms with Crippen LogP contribution in [0.15, 0.2) is 35.2 Å². The van der Waals surface area contributed by atoms with Gasteiger partial charge in [0.25, 0.3) is 0 Å². The number of hydrogen-bond donors (Lipinski definition) is 0. The number of carbonyl (C=O) groups is 2. The minimum atomic E-state index is -0.281. The number of carbonyl (C=O) groups excluding carboxylic acids is 2. The highest BCUT2D eigenvalue weighted by molar-refractivity contribution is 7.91. The first-order chi connectivity index (χ1) is 10.1. The molecule has 0 N–H and O–H groups in total. The summed E-state index contributed by atoms with van der Waals surface area (Å²) in [6, 6.07) is 5.31. The molecule has 1 aromatic heterocycles. The Kier molecular flexibility index (Phi) is 3.52. The summed E-state index contributed by atoms with van der Waals surface area (Å²) >= 11 is 10.5. The predicted molar refractivity (Wildman–Crippen MR) is 85.9 cm³/mol. The third-order valence-corrected chi connectivity index (χ3v) is 4.03.